The molecule has 0 spiro atoms. The molecule has 0 aliphatic carbocycles. The van der Waals surface area contributed by atoms with Crippen LogP contribution < -0.4 is 0 Å². The molecule has 0 radical (unpaired) electrons. The summed E-state index contributed by atoms with van der Waals surface area (Å²) in [7, 11) is 3.68. The lowest BCUT2D eigenvalue weighted by atomic mass is 9.83. The van der Waals surface area contributed by atoms with Crippen LogP contribution in [0, 0.1) is 5.92 Å². The molecule has 2 aromatic rings. The number of piperidine rings is 2. The van der Waals surface area contributed by atoms with Crippen molar-refractivity contribution >= 4 is 16.8 Å². The normalized spacial score (nSPS) is 22.9. The predicted molar refractivity (Wildman–Crippen MR) is 113 cm³/mol. The van der Waals surface area contributed by atoms with E-state index in [-0.39, 0.29) is 5.91 Å². The quantitative estimate of drug-likeness (QED) is 0.765. The van der Waals surface area contributed by atoms with Crippen LogP contribution in [0.15, 0.2) is 30.3 Å². The van der Waals surface area contributed by atoms with E-state index in [1.54, 1.807) is 7.11 Å². The van der Waals surface area contributed by atoms with Gasteiger partial charge in [0.25, 0.3) is 5.91 Å². The Labute approximate surface area is 168 Å². The number of benzene rings is 1. The van der Waals surface area contributed by atoms with E-state index in [9.17, 15) is 4.79 Å². The highest BCUT2D eigenvalue weighted by Gasteiger charge is 2.34. The van der Waals surface area contributed by atoms with Crippen LogP contribution in [0.25, 0.3) is 10.9 Å². The summed E-state index contributed by atoms with van der Waals surface area (Å²) in [6.07, 6.45) is 6.46. The molecule has 5 heteroatoms. The summed E-state index contributed by atoms with van der Waals surface area (Å²) in [6, 6.07) is 10.9. The zero-order valence-corrected chi connectivity index (χ0v) is 17.3. The fourth-order valence-corrected chi connectivity index (χ4v) is 5.23. The van der Waals surface area contributed by atoms with Gasteiger partial charge in [0.2, 0.25) is 0 Å². The van der Waals surface area contributed by atoms with Crippen LogP contribution in [0.4, 0.5) is 0 Å². The minimum absolute atomic E-state index is 0.125. The maximum atomic E-state index is 13.4. The van der Waals surface area contributed by atoms with Gasteiger partial charge in [-0.2, -0.15) is 0 Å². The molecular weight excluding hydrogens is 350 g/mol. The van der Waals surface area contributed by atoms with Crippen molar-refractivity contribution in [2.24, 2.45) is 5.92 Å². The van der Waals surface area contributed by atoms with Gasteiger partial charge in [-0.15, -0.1) is 0 Å². The van der Waals surface area contributed by atoms with E-state index in [1.807, 2.05) is 30.1 Å². The SMILES string of the molecule is COCCn1c(C(=O)N(C)C[C@@H]2CCCN3CCCC[C@H]23)cc2ccccc21. The zero-order chi connectivity index (χ0) is 19.5. The molecule has 1 aromatic carbocycles. The van der Waals surface area contributed by atoms with Gasteiger partial charge in [-0.3, -0.25) is 4.79 Å². The van der Waals surface area contributed by atoms with Crippen molar-refractivity contribution < 1.29 is 9.53 Å². The van der Waals surface area contributed by atoms with Crippen molar-refractivity contribution in [2.45, 2.75) is 44.7 Å². The van der Waals surface area contributed by atoms with Crippen molar-refractivity contribution in [3.63, 3.8) is 0 Å². The summed E-state index contributed by atoms with van der Waals surface area (Å²) < 4.78 is 7.41. The topological polar surface area (TPSA) is 37.7 Å². The number of hydrogen-bond acceptors (Lipinski definition) is 3. The van der Waals surface area contributed by atoms with Crippen molar-refractivity contribution in [3.8, 4) is 0 Å². The second kappa shape index (κ2) is 8.66. The van der Waals surface area contributed by atoms with Gasteiger partial charge in [0.05, 0.1) is 6.61 Å². The number of fused-ring (bicyclic) bond motifs is 2. The molecule has 28 heavy (non-hydrogen) atoms. The first-order valence-corrected chi connectivity index (χ1v) is 10.8. The fraction of sp³-hybridized carbons (Fsp3) is 0.609. The number of carbonyl (C=O) groups excluding carboxylic acids is 1. The smallest absolute Gasteiger partial charge is 0.270 e. The second-order valence-corrected chi connectivity index (χ2v) is 8.42. The highest BCUT2D eigenvalue weighted by Crippen LogP contribution is 2.31. The van der Waals surface area contributed by atoms with Gasteiger partial charge in [0.15, 0.2) is 0 Å². The molecule has 0 N–H and O–H groups in total. The van der Waals surface area contributed by atoms with E-state index >= 15 is 0 Å². The first-order valence-electron chi connectivity index (χ1n) is 10.8. The number of rotatable bonds is 6. The molecule has 3 heterocycles. The standard InChI is InChI=1S/C23H33N3O2/c1-24(17-19-9-7-13-25-12-6-5-10-20(19)25)23(27)22-16-18-8-3-4-11-21(18)26(22)14-15-28-2/h3-4,8,11,16,19-20H,5-7,9-10,12-15,17H2,1-2H3/t19-,20+/m0/s1. The Morgan fingerprint density at radius 2 is 2.00 bits per heavy atom. The number of ether oxygens (including phenoxy) is 1. The van der Waals surface area contributed by atoms with E-state index in [1.165, 1.54) is 45.2 Å². The monoisotopic (exact) mass is 383 g/mol. The van der Waals surface area contributed by atoms with Crippen LogP contribution in [-0.4, -0.2) is 66.7 Å². The molecule has 2 fully saturated rings. The van der Waals surface area contributed by atoms with Crippen LogP contribution >= 0.6 is 0 Å². The van der Waals surface area contributed by atoms with Crippen molar-refractivity contribution in [3.05, 3.63) is 36.0 Å². The van der Waals surface area contributed by atoms with Crippen LogP contribution in [-0.2, 0) is 11.3 Å². The Hall–Kier alpha value is -1.85. The van der Waals surface area contributed by atoms with Crippen LogP contribution in [0.2, 0.25) is 0 Å². The van der Waals surface area contributed by atoms with E-state index in [0.717, 1.165) is 23.1 Å². The third-order valence-electron chi connectivity index (χ3n) is 6.63. The van der Waals surface area contributed by atoms with Crippen molar-refractivity contribution in [1.29, 1.82) is 0 Å². The number of methoxy groups -OCH3 is 1. The largest absolute Gasteiger partial charge is 0.383 e. The van der Waals surface area contributed by atoms with Gasteiger partial charge in [0, 0.05) is 44.2 Å². The Morgan fingerprint density at radius 3 is 2.86 bits per heavy atom. The molecule has 2 atom stereocenters. The summed E-state index contributed by atoms with van der Waals surface area (Å²) in [5.74, 6) is 0.722. The lowest BCUT2D eigenvalue weighted by molar-refractivity contribution is 0.0399. The zero-order valence-electron chi connectivity index (χ0n) is 17.3. The lowest BCUT2D eigenvalue weighted by Crippen LogP contribution is -2.51. The average molecular weight is 384 g/mol. The molecule has 2 aliphatic rings. The maximum Gasteiger partial charge on any atom is 0.270 e. The molecule has 0 saturated carbocycles. The Balaban J connectivity index is 1.53. The molecule has 1 amide bonds. The van der Waals surface area contributed by atoms with Crippen LogP contribution in [0.3, 0.4) is 0 Å². The molecule has 5 nitrogen and oxygen atoms in total. The number of amides is 1. The molecule has 0 bridgehead atoms. The average Bonchev–Trinajstić information content (AvgIpc) is 3.10. The fourth-order valence-electron chi connectivity index (χ4n) is 5.23. The second-order valence-electron chi connectivity index (χ2n) is 8.42. The number of aromatic nitrogens is 1. The summed E-state index contributed by atoms with van der Waals surface area (Å²) in [5, 5.41) is 1.12. The van der Waals surface area contributed by atoms with Gasteiger partial charge < -0.3 is 19.1 Å². The highest BCUT2D eigenvalue weighted by molar-refractivity contribution is 5.98. The summed E-state index contributed by atoms with van der Waals surface area (Å²) >= 11 is 0. The van der Waals surface area contributed by atoms with E-state index in [0.29, 0.717) is 25.1 Å². The van der Waals surface area contributed by atoms with Gasteiger partial charge in [-0.05, 0) is 56.8 Å². The molecule has 4 rings (SSSR count). The minimum Gasteiger partial charge on any atom is -0.383 e. The maximum absolute atomic E-state index is 13.4. The van der Waals surface area contributed by atoms with Crippen molar-refractivity contribution in [1.82, 2.24) is 14.4 Å². The third-order valence-corrected chi connectivity index (χ3v) is 6.63. The number of hydrogen-bond donors (Lipinski definition) is 0. The highest BCUT2D eigenvalue weighted by atomic mass is 16.5. The van der Waals surface area contributed by atoms with Crippen molar-refractivity contribution in [2.75, 3.05) is 40.4 Å². The van der Waals surface area contributed by atoms with Crippen LogP contribution in [0.1, 0.15) is 42.6 Å². The first kappa shape index (κ1) is 19.5. The Bertz CT molecular complexity index is 813. The van der Waals surface area contributed by atoms with Gasteiger partial charge in [0.1, 0.15) is 5.69 Å². The number of nitrogens with zero attached hydrogens (tertiary/aromatic N) is 3. The number of carbonyl (C=O) groups is 1. The molecular formula is C23H33N3O2. The van der Waals surface area contributed by atoms with E-state index in [4.69, 9.17) is 4.74 Å². The Kier molecular flexibility index (Phi) is 6.02. The molecule has 152 valence electrons. The predicted octanol–water partition coefficient (Wildman–Crippen LogP) is 3.62. The molecule has 2 saturated heterocycles. The Morgan fingerprint density at radius 1 is 1.18 bits per heavy atom. The van der Waals surface area contributed by atoms with Gasteiger partial charge >= 0.3 is 0 Å². The summed E-state index contributed by atoms with van der Waals surface area (Å²) in [6.45, 7) is 4.63. The first-order chi connectivity index (χ1) is 13.7. The third kappa shape index (κ3) is 3.83. The van der Waals surface area contributed by atoms with E-state index in [2.05, 4.69) is 21.6 Å². The molecule has 2 aliphatic heterocycles. The van der Waals surface area contributed by atoms with Crippen LogP contribution in [0.5, 0.6) is 0 Å². The minimum atomic E-state index is 0.125. The summed E-state index contributed by atoms with van der Waals surface area (Å²) in [4.78, 5) is 18.0. The molecule has 0 unspecified atom stereocenters. The van der Waals surface area contributed by atoms with Gasteiger partial charge in [-0.25, -0.2) is 0 Å². The number of para-hydroxylation sites is 1. The van der Waals surface area contributed by atoms with Gasteiger partial charge in [-0.1, -0.05) is 24.6 Å². The summed E-state index contributed by atoms with van der Waals surface area (Å²) in [5.41, 5.74) is 1.88. The molecule has 1 aromatic heterocycles. The lowest BCUT2D eigenvalue weighted by Gasteiger charge is -2.45. The van der Waals surface area contributed by atoms with E-state index < -0.39 is 0 Å².